The van der Waals surface area contributed by atoms with Crippen LogP contribution in [-0.4, -0.2) is 14.2 Å². The van der Waals surface area contributed by atoms with Gasteiger partial charge in [0.25, 0.3) is 0 Å². The van der Waals surface area contributed by atoms with Crippen molar-refractivity contribution >= 4 is 33.3 Å². The van der Waals surface area contributed by atoms with Crippen molar-refractivity contribution in [2.75, 3.05) is 14.2 Å². The zero-order valence-electron chi connectivity index (χ0n) is 19.2. The molecule has 0 bridgehead atoms. The third-order valence-electron chi connectivity index (χ3n) is 5.96. The second-order valence-electron chi connectivity index (χ2n) is 8.06. The highest BCUT2D eigenvalue weighted by molar-refractivity contribution is 6.34. The van der Waals surface area contributed by atoms with E-state index in [1.807, 2.05) is 43.3 Å². The number of halogens is 1. The topological polar surface area (TPSA) is 57.9 Å². The van der Waals surface area contributed by atoms with Crippen molar-refractivity contribution < 1.29 is 18.6 Å². The lowest BCUT2D eigenvalue weighted by molar-refractivity contribution is 0.108. The van der Waals surface area contributed by atoms with E-state index < -0.39 is 0 Å². The summed E-state index contributed by atoms with van der Waals surface area (Å²) in [5.74, 6) is 1.72. The largest absolute Gasteiger partial charge is 0.496 e. The van der Waals surface area contributed by atoms with Crippen LogP contribution in [0.25, 0.3) is 21.7 Å². The molecule has 3 aromatic carbocycles. The third-order valence-corrected chi connectivity index (χ3v) is 6.24. The van der Waals surface area contributed by atoms with Crippen molar-refractivity contribution in [1.29, 1.82) is 0 Å². The van der Waals surface area contributed by atoms with E-state index in [4.69, 9.17) is 30.2 Å². The number of benzene rings is 3. The van der Waals surface area contributed by atoms with Gasteiger partial charge in [-0.25, -0.2) is 0 Å². The molecule has 0 radical (unpaired) electrons. The van der Waals surface area contributed by atoms with Crippen molar-refractivity contribution in [1.82, 2.24) is 0 Å². The predicted molar refractivity (Wildman–Crippen MR) is 132 cm³/mol. The molecule has 0 fully saturated rings. The van der Waals surface area contributed by atoms with E-state index in [0.717, 1.165) is 22.9 Å². The first-order valence-corrected chi connectivity index (χ1v) is 11.3. The van der Waals surface area contributed by atoms with Gasteiger partial charge in [0.15, 0.2) is 5.43 Å². The van der Waals surface area contributed by atoms with E-state index in [0.29, 0.717) is 45.2 Å². The van der Waals surface area contributed by atoms with Crippen molar-refractivity contribution in [3.05, 3.63) is 80.7 Å². The Kier molecular flexibility index (Phi) is 6.91. The molecule has 0 aliphatic heterocycles. The molecule has 0 unspecified atom stereocenters. The molecule has 4 rings (SSSR count). The second-order valence-corrected chi connectivity index (χ2v) is 8.46. The maximum absolute atomic E-state index is 13.3. The van der Waals surface area contributed by atoms with Gasteiger partial charge in [-0.1, -0.05) is 55.8 Å². The molecule has 0 aliphatic carbocycles. The van der Waals surface area contributed by atoms with Crippen LogP contribution in [-0.2, 0) is 18.0 Å². The Morgan fingerprint density at radius 3 is 2.42 bits per heavy atom. The lowest BCUT2D eigenvalue weighted by Crippen LogP contribution is -2.09. The maximum atomic E-state index is 13.3. The van der Waals surface area contributed by atoms with Crippen LogP contribution in [0.15, 0.2) is 57.7 Å². The van der Waals surface area contributed by atoms with Gasteiger partial charge in [0.2, 0.25) is 0 Å². The molecule has 33 heavy (non-hydrogen) atoms. The lowest BCUT2D eigenvalue weighted by atomic mass is 9.98. The van der Waals surface area contributed by atoms with E-state index in [2.05, 4.69) is 6.92 Å². The van der Waals surface area contributed by atoms with Gasteiger partial charge in [0.05, 0.1) is 43.2 Å². The quantitative estimate of drug-likeness (QED) is 0.266. The Hall–Kier alpha value is -3.02. The smallest absolute Gasteiger partial charge is 0.193 e. The molecule has 1 heterocycles. The first kappa shape index (κ1) is 23.1. The number of hydrogen-bond donors (Lipinski definition) is 0. The summed E-state index contributed by atoms with van der Waals surface area (Å²) >= 11 is 6.50. The number of ether oxygens (including phenoxy) is 3. The molecule has 1 atom stereocenters. The van der Waals surface area contributed by atoms with Crippen LogP contribution in [0.2, 0.25) is 5.02 Å². The Morgan fingerprint density at radius 1 is 1.00 bits per heavy atom. The maximum Gasteiger partial charge on any atom is 0.193 e. The van der Waals surface area contributed by atoms with E-state index in [-0.39, 0.29) is 18.0 Å². The molecule has 1 aromatic heterocycles. The number of methoxy groups -OCH3 is 2. The van der Waals surface area contributed by atoms with E-state index >= 15 is 0 Å². The lowest BCUT2D eigenvalue weighted by Gasteiger charge is -2.17. The fourth-order valence-electron chi connectivity index (χ4n) is 4.01. The van der Waals surface area contributed by atoms with Gasteiger partial charge in [-0.3, -0.25) is 4.79 Å². The summed E-state index contributed by atoms with van der Waals surface area (Å²) in [6, 6.07) is 15.1. The van der Waals surface area contributed by atoms with Gasteiger partial charge < -0.3 is 18.6 Å². The minimum absolute atomic E-state index is 0.0854. The first-order chi connectivity index (χ1) is 16.0. The average Bonchev–Trinajstić information content (AvgIpc) is 2.83. The zero-order chi connectivity index (χ0) is 23.5. The minimum Gasteiger partial charge on any atom is -0.496 e. The monoisotopic (exact) mass is 466 g/mol. The molecule has 6 heteroatoms. The van der Waals surface area contributed by atoms with Crippen LogP contribution in [0.3, 0.4) is 0 Å². The summed E-state index contributed by atoms with van der Waals surface area (Å²) < 4.78 is 23.6. The summed E-state index contributed by atoms with van der Waals surface area (Å²) in [4.78, 5) is 13.3. The van der Waals surface area contributed by atoms with Crippen LogP contribution in [0.5, 0.6) is 11.5 Å². The van der Waals surface area contributed by atoms with Crippen LogP contribution >= 0.6 is 11.6 Å². The van der Waals surface area contributed by atoms with Crippen molar-refractivity contribution in [2.45, 2.75) is 39.4 Å². The van der Waals surface area contributed by atoms with Crippen LogP contribution in [0.4, 0.5) is 0 Å². The van der Waals surface area contributed by atoms with Crippen LogP contribution in [0, 0.1) is 0 Å². The SMILES string of the molecule is CC[C@H](C)c1cc(=O)c2c(COCc3ccccc3)cc3c(OC)cc(Cl)c(OC)c3c2o1. The van der Waals surface area contributed by atoms with Crippen molar-refractivity contribution in [2.24, 2.45) is 0 Å². The molecule has 0 saturated heterocycles. The molecular formula is C27H27ClO5. The highest BCUT2D eigenvalue weighted by atomic mass is 35.5. The Morgan fingerprint density at radius 2 is 1.76 bits per heavy atom. The van der Waals surface area contributed by atoms with Crippen LogP contribution < -0.4 is 14.9 Å². The first-order valence-electron chi connectivity index (χ1n) is 10.9. The normalized spacial score (nSPS) is 12.3. The molecule has 0 spiro atoms. The zero-order valence-corrected chi connectivity index (χ0v) is 20.0. The summed E-state index contributed by atoms with van der Waals surface area (Å²) in [7, 11) is 3.13. The molecule has 0 amide bonds. The molecular weight excluding hydrogens is 440 g/mol. The number of fused-ring (bicyclic) bond motifs is 3. The Bertz CT molecular complexity index is 1340. The number of rotatable bonds is 8. The standard InChI is InChI=1S/C27H27ClO5/c1-5-16(2)22-13-21(29)24-18(15-32-14-17-9-7-6-8-10-17)11-19-23(30-3)12-20(28)26(31-4)25(19)27(24)33-22/h6-13,16H,5,14-15H2,1-4H3/t16-/m0/s1. The van der Waals surface area contributed by atoms with Gasteiger partial charge in [-0.2, -0.15) is 0 Å². The molecule has 0 saturated carbocycles. The molecule has 4 aromatic rings. The van der Waals surface area contributed by atoms with Crippen molar-refractivity contribution in [3.8, 4) is 11.5 Å². The molecule has 0 aliphatic rings. The fraction of sp³-hybridized carbons (Fsp3) is 0.296. The van der Waals surface area contributed by atoms with Gasteiger partial charge in [-0.05, 0) is 23.6 Å². The summed E-state index contributed by atoms with van der Waals surface area (Å²) in [5, 5.41) is 2.21. The van der Waals surface area contributed by atoms with E-state index in [9.17, 15) is 4.79 Å². The summed E-state index contributed by atoms with van der Waals surface area (Å²) in [5.41, 5.74) is 2.10. The van der Waals surface area contributed by atoms with E-state index in [1.165, 1.54) is 0 Å². The summed E-state index contributed by atoms with van der Waals surface area (Å²) in [6.45, 7) is 4.76. The van der Waals surface area contributed by atoms with Crippen LogP contribution in [0.1, 0.15) is 43.1 Å². The average molecular weight is 467 g/mol. The van der Waals surface area contributed by atoms with Gasteiger partial charge >= 0.3 is 0 Å². The van der Waals surface area contributed by atoms with Gasteiger partial charge in [-0.15, -0.1) is 0 Å². The number of hydrogen-bond acceptors (Lipinski definition) is 5. The minimum atomic E-state index is -0.118. The molecule has 0 N–H and O–H groups in total. The van der Waals surface area contributed by atoms with Gasteiger partial charge in [0.1, 0.15) is 22.8 Å². The Balaban J connectivity index is 1.96. The molecule has 5 nitrogen and oxygen atoms in total. The third kappa shape index (κ3) is 4.43. The predicted octanol–water partition coefficient (Wildman–Crippen LogP) is 6.85. The fourth-order valence-corrected chi connectivity index (χ4v) is 4.28. The Labute approximate surface area is 197 Å². The van der Waals surface area contributed by atoms with Gasteiger partial charge in [0, 0.05) is 23.4 Å². The van der Waals surface area contributed by atoms with Crippen molar-refractivity contribution in [3.63, 3.8) is 0 Å². The second kappa shape index (κ2) is 9.86. The van der Waals surface area contributed by atoms with E-state index in [1.54, 1.807) is 26.4 Å². The highest BCUT2D eigenvalue weighted by Gasteiger charge is 2.22. The molecule has 172 valence electrons. The highest BCUT2D eigenvalue weighted by Crippen LogP contribution is 2.44. The summed E-state index contributed by atoms with van der Waals surface area (Å²) in [6.07, 6.45) is 0.841.